The van der Waals surface area contributed by atoms with E-state index in [1.165, 1.54) is 9.80 Å². The van der Waals surface area contributed by atoms with Crippen LogP contribution in [0.25, 0.3) is 0 Å². The van der Waals surface area contributed by atoms with Crippen LogP contribution in [-0.2, 0) is 4.79 Å². The van der Waals surface area contributed by atoms with Crippen molar-refractivity contribution in [3.63, 3.8) is 0 Å². The Kier molecular flexibility index (Phi) is 4.80. The molecule has 1 aliphatic heterocycles. The summed E-state index contributed by atoms with van der Waals surface area (Å²) in [6, 6.07) is 7.61. The van der Waals surface area contributed by atoms with Crippen molar-refractivity contribution in [1.29, 1.82) is 0 Å². The maximum absolute atomic E-state index is 12.3. The molecule has 1 fully saturated rings. The first-order chi connectivity index (χ1) is 10.0. The lowest BCUT2D eigenvalue weighted by Gasteiger charge is -2.21. The molecule has 1 N–H and O–H groups in total. The van der Waals surface area contributed by atoms with Gasteiger partial charge in [0.2, 0.25) is 5.91 Å². The van der Waals surface area contributed by atoms with E-state index < -0.39 is 0 Å². The lowest BCUT2D eigenvalue weighted by molar-refractivity contribution is -0.130. The fourth-order valence-corrected chi connectivity index (χ4v) is 2.25. The second-order valence-corrected chi connectivity index (χ2v) is 5.23. The van der Waals surface area contributed by atoms with Crippen molar-refractivity contribution >= 4 is 17.6 Å². The number of benzene rings is 1. The molecule has 6 nitrogen and oxygen atoms in total. The number of hydrogen-bond acceptors (Lipinski definition) is 3. The Bertz CT molecular complexity index is 515. The summed E-state index contributed by atoms with van der Waals surface area (Å²) in [5.41, 5.74) is 1.99. The van der Waals surface area contributed by atoms with Crippen LogP contribution in [0, 0.1) is 6.92 Å². The molecule has 0 aromatic heterocycles. The van der Waals surface area contributed by atoms with Crippen molar-refractivity contribution in [3.8, 4) is 0 Å². The number of carbonyl (C=O) groups is 2. The van der Waals surface area contributed by atoms with Crippen LogP contribution in [0.4, 0.5) is 10.5 Å². The molecule has 1 aromatic carbocycles. The number of nitrogens with zero attached hydrogens (tertiary/aromatic N) is 3. The van der Waals surface area contributed by atoms with Crippen molar-refractivity contribution < 1.29 is 14.7 Å². The van der Waals surface area contributed by atoms with E-state index in [2.05, 4.69) is 0 Å². The largest absolute Gasteiger partial charge is 0.395 e. The maximum Gasteiger partial charge on any atom is 0.325 e. The quantitative estimate of drug-likeness (QED) is 0.868. The fourth-order valence-electron chi connectivity index (χ4n) is 2.25. The standard InChI is InChI=1S/C15H21N3O3/c1-12-3-5-13(6-4-12)18-8-7-17(15(18)21)11-14(20)16(2)9-10-19/h3-6,19H,7-11H2,1-2H3. The molecule has 0 unspecified atom stereocenters. The average molecular weight is 291 g/mol. The first-order valence-corrected chi connectivity index (χ1v) is 7.01. The Morgan fingerprint density at radius 2 is 1.95 bits per heavy atom. The molecular weight excluding hydrogens is 270 g/mol. The molecule has 2 rings (SSSR count). The molecule has 1 heterocycles. The highest BCUT2D eigenvalue weighted by molar-refractivity contribution is 5.96. The van der Waals surface area contributed by atoms with Gasteiger partial charge >= 0.3 is 6.03 Å². The number of urea groups is 1. The number of aliphatic hydroxyl groups is 1. The summed E-state index contributed by atoms with van der Waals surface area (Å²) < 4.78 is 0. The van der Waals surface area contributed by atoms with Crippen LogP contribution in [0.2, 0.25) is 0 Å². The molecule has 3 amide bonds. The normalized spacial score (nSPS) is 14.7. The second-order valence-electron chi connectivity index (χ2n) is 5.23. The Morgan fingerprint density at radius 1 is 1.29 bits per heavy atom. The zero-order valence-electron chi connectivity index (χ0n) is 12.5. The fraction of sp³-hybridized carbons (Fsp3) is 0.467. The van der Waals surface area contributed by atoms with Crippen molar-refractivity contribution in [1.82, 2.24) is 9.80 Å². The van der Waals surface area contributed by atoms with E-state index in [9.17, 15) is 9.59 Å². The van der Waals surface area contributed by atoms with Gasteiger partial charge < -0.3 is 14.9 Å². The van der Waals surface area contributed by atoms with Gasteiger partial charge in [0.1, 0.15) is 6.54 Å². The number of amides is 3. The summed E-state index contributed by atoms with van der Waals surface area (Å²) in [6.45, 7) is 3.37. The third kappa shape index (κ3) is 3.52. The van der Waals surface area contributed by atoms with E-state index >= 15 is 0 Å². The predicted octanol–water partition coefficient (Wildman–Crippen LogP) is 0.688. The van der Waals surface area contributed by atoms with Gasteiger partial charge in [0, 0.05) is 32.4 Å². The first kappa shape index (κ1) is 15.3. The Labute approximate surface area is 124 Å². The lowest BCUT2D eigenvalue weighted by Crippen LogP contribution is -2.41. The van der Waals surface area contributed by atoms with Crippen molar-refractivity contribution in [2.24, 2.45) is 0 Å². The Hall–Kier alpha value is -2.08. The predicted molar refractivity (Wildman–Crippen MR) is 80.2 cm³/mol. The van der Waals surface area contributed by atoms with Crippen LogP contribution in [0.1, 0.15) is 5.56 Å². The van der Waals surface area contributed by atoms with Crippen LogP contribution < -0.4 is 4.90 Å². The molecule has 0 radical (unpaired) electrons. The van der Waals surface area contributed by atoms with Gasteiger partial charge in [0.25, 0.3) is 0 Å². The summed E-state index contributed by atoms with van der Waals surface area (Å²) in [6.07, 6.45) is 0. The monoisotopic (exact) mass is 291 g/mol. The summed E-state index contributed by atoms with van der Waals surface area (Å²) in [5, 5.41) is 8.83. The van der Waals surface area contributed by atoms with Crippen LogP contribution in [0.3, 0.4) is 0 Å². The van der Waals surface area contributed by atoms with Gasteiger partial charge in [-0.15, -0.1) is 0 Å². The number of likely N-dealkylation sites (N-methyl/N-ethyl adjacent to an activating group) is 1. The maximum atomic E-state index is 12.3. The second kappa shape index (κ2) is 6.58. The molecule has 0 aliphatic carbocycles. The molecule has 0 saturated carbocycles. The van der Waals surface area contributed by atoms with Gasteiger partial charge in [0.05, 0.1) is 6.61 Å². The number of anilines is 1. The van der Waals surface area contributed by atoms with Gasteiger partial charge in [-0.1, -0.05) is 17.7 Å². The minimum absolute atomic E-state index is 0.0533. The molecule has 1 aliphatic rings. The molecule has 0 atom stereocenters. The highest BCUT2D eigenvalue weighted by Gasteiger charge is 2.31. The minimum Gasteiger partial charge on any atom is -0.395 e. The molecule has 0 spiro atoms. The van der Waals surface area contributed by atoms with Crippen molar-refractivity contribution in [2.45, 2.75) is 6.92 Å². The van der Waals surface area contributed by atoms with Crippen LogP contribution in [-0.4, -0.2) is 66.7 Å². The molecule has 6 heteroatoms. The SMILES string of the molecule is Cc1ccc(N2CCN(CC(=O)N(C)CCO)C2=O)cc1. The van der Waals surface area contributed by atoms with Crippen LogP contribution in [0.15, 0.2) is 24.3 Å². The molecule has 0 bridgehead atoms. The summed E-state index contributed by atoms with van der Waals surface area (Å²) in [4.78, 5) is 28.9. The van der Waals surface area contributed by atoms with Crippen LogP contribution in [0.5, 0.6) is 0 Å². The molecule has 114 valence electrons. The van der Waals surface area contributed by atoms with Crippen molar-refractivity contribution in [3.05, 3.63) is 29.8 Å². The van der Waals surface area contributed by atoms with E-state index in [1.807, 2.05) is 31.2 Å². The molecule has 1 aromatic rings. The first-order valence-electron chi connectivity index (χ1n) is 7.01. The minimum atomic E-state index is -0.164. The summed E-state index contributed by atoms with van der Waals surface area (Å²) in [5.74, 6) is -0.164. The van der Waals surface area contributed by atoms with E-state index in [0.29, 0.717) is 13.1 Å². The summed E-state index contributed by atoms with van der Waals surface area (Å²) in [7, 11) is 1.62. The third-order valence-electron chi connectivity index (χ3n) is 3.63. The zero-order chi connectivity index (χ0) is 15.4. The average Bonchev–Trinajstić information content (AvgIpc) is 2.81. The number of aliphatic hydroxyl groups excluding tert-OH is 1. The zero-order valence-corrected chi connectivity index (χ0v) is 12.5. The Morgan fingerprint density at radius 3 is 2.57 bits per heavy atom. The van der Waals surface area contributed by atoms with E-state index in [4.69, 9.17) is 5.11 Å². The van der Waals surface area contributed by atoms with Gasteiger partial charge in [-0.05, 0) is 19.1 Å². The highest BCUT2D eigenvalue weighted by Crippen LogP contribution is 2.20. The topological polar surface area (TPSA) is 64.1 Å². The smallest absolute Gasteiger partial charge is 0.325 e. The number of aryl methyl sites for hydroxylation is 1. The van der Waals surface area contributed by atoms with Gasteiger partial charge in [-0.2, -0.15) is 0 Å². The van der Waals surface area contributed by atoms with E-state index in [1.54, 1.807) is 11.9 Å². The van der Waals surface area contributed by atoms with Crippen molar-refractivity contribution in [2.75, 3.05) is 44.7 Å². The highest BCUT2D eigenvalue weighted by atomic mass is 16.3. The van der Waals surface area contributed by atoms with E-state index in [-0.39, 0.29) is 31.6 Å². The van der Waals surface area contributed by atoms with Gasteiger partial charge in [0.15, 0.2) is 0 Å². The van der Waals surface area contributed by atoms with Gasteiger partial charge in [-0.3, -0.25) is 9.69 Å². The Balaban J connectivity index is 1.98. The number of hydrogen-bond donors (Lipinski definition) is 1. The number of carbonyl (C=O) groups excluding carboxylic acids is 2. The van der Waals surface area contributed by atoms with E-state index in [0.717, 1.165) is 11.3 Å². The molecule has 1 saturated heterocycles. The molecule has 21 heavy (non-hydrogen) atoms. The molecular formula is C15H21N3O3. The number of rotatable bonds is 5. The van der Waals surface area contributed by atoms with Crippen LogP contribution >= 0.6 is 0 Å². The van der Waals surface area contributed by atoms with Gasteiger partial charge in [-0.25, -0.2) is 4.79 Å². The third-order valence-corrected chi connectivity index (χ3v) is 3.63. The summed E-state index contributed by atoms with van der Waals surface area (Å²) >= 11 is 0. The lowest BCUT2D eigenvalue weighted by atomic mass is 10.2.